The van der Waals surface area contributed by atoms with E-state index in [2.05, 4.69) is 10.3 Å². The van der Waals surface area contributed by atoms with Crippen LogP contribution >= 0.6 is 0 Å². The zero-order chi connectivity index (χ0) is 28.7. The number of nitrogens with one attached hydrogen (secondary N) is 1. The number of pyridine rings is 1. The monoisotopic (exact) mass is 558 g/mol. The first-order valence-electron chi connectivity index (χ1n) is 11.7. The van der Waals surface area contributed by atoms with E-state index in [0.717, 1.165) is 31.2 Å². The van der Waals surface area contributed by atoms with Gasteiger partial charge < -0.3 is 19.5 Å². The Labute approximate surface area is 225 Å². The van der Waals surface area contributed by atoms with Crippen molar-refractivity contribution in [2.24, 2.45) is 0 Å². The number of aromatic nitrogens is 1. The molecule has 2 aromatic carbocycles. The van der Waals surface area contributed by atoms with Crippen LogP contribution in [0.1, 0.15) is 42.1 Å². The van der Waals surface area contributed by atoms with Gasteiger partial charge in [-0.25, -0.2) is 22.6 Å². The summed E-state index contributed by atoms with van der Waals surface area (Å²) in [5.74, 6) is -3.26. The van der Waals surface area contributed by atoms with Crippen LogP contribution in [-0.2, 0) is 24.2 Å². The van der Waals surface area contributed by atoms with Crippen LogP contribution in [0, 0.1) is 5.82 Å². The number of ether oxygens (including phenoxy) is 3. The molecule has 3 aromatic rings. The molecular weight excluding hydrogens is 531 g/mol. The quantitative estimate of drug-likeness (QED) is 0.293. The summed E-state index contributed by atoms with van der Waals surface area (Å²) in [6, 6.07) is 12.6. The molecule has 1 N–H and O–H groups in total. The summed E-state index contributed by atoms with van der Waals surface area (Å²) in [5.41, 5.74) is 0.0451. The maximum Gasteiger partial charge on any atom is 0.328 e. The highest BCUT2D eigenvalue weighted by Gasteiger charge is 2.37. The first kappa shape index (κ1) is 29.2. The first-order chi connectivity index (χ1) is 18.4. The number of hydrogen-bond donors (Lipinski definition) is 1. The van der Waals surface area contributed by atoms with E-state index in [4.69, 9.17) is 14.2 Å². The Balaban J connectivity index is 1.83. The molecule has 0 bridgehead atoms. The second kappa shape index (κ2) is 12.5. The first-order valence-corrected chi connectivity index (χ1v) is 13.3. The number of benzene rings is 2. The molecule has 0 aliphatic rings. The zero-order valence-electron chi connectivity index (χ0n) is 21.6. The van der Waals surface area contributed by atoms with Crippen molar-refractivity contribution in [3.8, 4) is 11.5 Å². The van der Waals surface area contributed by atoms with Gasteiger partial charge in [-0.2, -0.15) is 0 Å². The molecule has 10 nitrogen and oxygen atoms in total. The number of amides is 1. The van der Waals surface area contributed by atoms with Crippen molar-refractivity contribution in [2.75, 3.05) is 7.11 Å². The van der Waals surface area contributed by atoms with Gasteiger partial charge in [0.2, 0.25) is 5.75 Å². The summed E-state index contributed by atoms with van der Waals surface area (Å²) in [6.07, 6.45) is 0.0529. The molecule has 3 atom stereocenters. The summed E-state index contributed by atoms with van der Waals surface area (Å²) in [4.78, 5) is 41.1. The molecule has 12 heteroatoms. The zero-order valence-corrected chi connectivity index (χ0v) is 22.4. The van der Waals surface area contributed by atoms with Gasteiger partial charge in [0.1, 0.15) is 23.2 Å². The molecule has 0 aliphatic carbocycles. The minimum Gasteiger partial charge on any atom is -0.493 e. The summed E-state index contributed by atoms with van der Waals surface area (Å²) in [6.45, 7) is 3.89. The van der Waals surface area contributed by atoms with E-state index in [1.54, 1.807) is 30.3 Å². The number of nitrogens with zero attached hydrogens (tertiary/aromatic N) is 1. The van der Waals surface area contributed by atoms with Gasteiger partial charge in [0.15, 0.2) is 21.3 Å². The van der Waals surface area contributed by atoms with E-state index in [0.29, 0.717) is 5.56 Å². The molecular formula is C27H27FN2O8S. The van der Waals surface area contributed by atoms with Crippen molar-refractivity contribution in [1.82, 2.24) is 10.3 Å². The second-order valence-corrected chi connectivity index (χ2v) is 10.5. The van der Waals surface area contributed by atoms with Crippen molar-refractivity contribution in [2.45, 2.75) is 43.1 Å². The van der Waals surface area contributed by atoms with Crippen LogP contribution in [0.15, 0.2) is 71.8 Å². The normalized spacial score (nSPS) is 13.5. The highest BCUT2D eigenvalue weighted by molar-refractivity contribution is 7.91. The molecule has 0 spiro atoms. The van der Waals surface area contributed by atoms with Crippen LogP contribution in [0.2, 0.25) is 0 Å². The molecule has 0 saturated carbocycles. The summed E-state index contributed by atoms with van der Waals surface area (Å²) >= 11 is 0. The molecule has 0 fully saturated rings. The van der Waals surface area contributed by atoms with Gasteiger partial charge in [0, 0.05) is 19.2 Å². The molecule has 0 saturated heterocycles. The fourth-order valence-corrected chi connectivity index (χ4v) is 5.67. The lowest BCUT2D eigenvalue weighted by Crippen LogP contribution is -2.42. The van der Waals surface area contributed by atoms with Crippen molar-refractivity contribution < 1.29 is 41.4 Å². The lowest BCUT2D eigenvalue weighted by molar-refractivity contribution is -0.150. The Bertz CT molecular complexity index is 1450. The number of carbonyl (C=O) groups excluding carboxylic acids is 3. The minimum absolute atomic E-state index is 0.0749. The summed E-state index contributed by atoms with van der Waals surface area (Å²) in [7, 11) is -2.82. The van der Waals surface area contributed by atoms with Gasteiger partial charge in [0.25, 0.3) is 5.91 Å². The number of methoxy groups -OCH3 is 1. The Kier molecular flexibility index (Phi) is 9.36. The maximum atomic E-state index is 13.5. The lowest BCUT2D eigenvalue weighted by atomic mass is 10.1. The Morgan fingerprint density at radius 1 is 0.974 bits per heavy atom. The highest BCUT2D eigenvalue weighted by Crippen LogP contribution is 2.34. The van der Waals surface area contributed by atoms with E-state index in [1.807, 2.05) is 0 Å². The summed E-state index contributed by atoms with van der Waals surface area (Å²) in [5, 5.41) is 1.08. The van der Waals surface area contributed by atoms with E-state index in [-0.39, 0.29) is 22.1 Å². The molecule has 0 radical (unpaired) electrons. The van der Waals surface area contributed by atoms with Gasteiger partial charge >= 0.3 is 11.9 Å². The topological polar surface area (TPSA) is 138 Å². The highest BCUT2D eigenvalue weighted by atomic mass is 32.2. The average molecular weight is 559 g/mol. The number of sulfone groups is 1. The molecule has 1 heterocycles. The fraction of sp³-hybridized carbons (Fsp3) is 0.259. The van der Waals surface area contributed by atoms with Crippen molar-refractivity contribution >= 4 is 27.7 Å². The van der Waals surface area contributed by atoms with Crippen LogP contribution in [0.25, 0.3) is 0 Å². The number of hydrogen-bond acceptors (Lipinski definition) is 9. The van der Waals surface area contributed by atoms with Crippen molar-refractivity contribution in [1.29, 1.82) is 0 Å². The van der Waals surface area contributed by atoms with Crippen molar-refractivity contribution in [3.63, 3.8) is 0 Å². The van der Waals surface area contributed by atoms with Crippen LogP contribution < -0.4 is 14.8 Å². The standard InChI is InChI=1S/C27H27FN2O8S/c1-16(30-26(32)23-24(38-18(3)31)22(36-4)14-15-29-23)27(33)37-17(2)25(19-8-6-5-7-9-19)39(34,35)21-12-10-20(28)11-13-21/h5-17,25H,1-4H3,(H,30,32)/t16-,17-,25-/m0/s1. The van der Waals surface area contributed by atoms with Gasteiger partial charge in [-0.15, -0.1) is 0 Å². The van der Waals surface area contributed by atoms with Gasteiger partial charge in [-0.1, -0.05) is 30.3 Å². The van der Waals surface area contributed by atoms with Crippen LogP contribution in [0.5, 0.6) is 11.5 Å². The SMILES string of the molecule is COc1ccnc(C(=O)N[C@@H](C)C(=O)O[C@@H](C)[C@@H](c2ccccc2)S(=O)(=O)c2ccc(F)cc2)c1OC(C)=O. The molecule has 0 aliphatic heterocycles. The Morgan fingerprint density at radius 3 is 2.21 bits per heavy atom. The average Bonchev–Trinajstić information content (AvgIpc) is 2.89. The fourth-order valence-electron chi connectivity index (χ4n) is 3.78. The Morgan fingerprint density at radius 2 is 1.62 bits per heavy atom. The van der Waals surface area contributed by atoms with Crippen LogP contribution in [0.3, 0.4) is 0 Å². The maximum absolute atomic E-state index is 13.5. The Hall–Kier alpha value is -4.32. The van der Waals surface area contributed by atoms with Crippen molar-refractivity contribution in [3.05, 3.63) is 83.9 Å². The molecule has 1 amide bonds. The van der Waals surface area contributed by atoms with E-state index < -0.39 is 50.9 Å². The van der Waals surface area contributed by atoms with Gasteiger partial charge in [0.05, 0.1) is 12.0 Å². The van der Waals surface area contributed by atoms with Gasteiger partial charge in [-0.05, 0) is 43.7 Å². The number of esters is 2. The summed E-state index contributed by atoms with van der Waals surface area (Å²) < 4.78 is 56.2. The number of carbonyl (C=O) groups is 3. The third kappa shape index (κ3) is 6.96. The van der Waals surface area contributed by atoms with E-state index in [9.17, 15) is 27.2 Å². The smallest absolute Gasteiger partial charge is 0.328 e. The van der Waals surface area contributed by atoms with E-state index in [1.165, 1.54) is 33.2 Å². The molecule has 3 rings (SSSR count). The largest absolute Gasteiger partial charge is 0.493 e. The predicted octanol–water partition coefficient (Wildman–Crippen LogP) is 3.42. The predicted molar refractivity (Wildman–Crippen MR) is 137 cm³/mol. The second-order valence-electron chi connectivity index (χ2n) is 8.45. The number of halogens is 1. The van der Waals surface area contributed by atoms with E-state index >= 15 is 0 Å². The van der Waals surface area contributed by atoms with Crippen LogP contribution in [-0.4, -0.2) is 50.5 Å². The minimum atomic E-state index is -4.14. The molecule has 39 heavy (non-hydrogen) atoms. The number of rotatable bonds is 10. The third-order valence-electron chi connectivity index (χ3n) is 5.58. The molecule has 206 valence electrons. The van der Waals surface area contributed by atoms with Crippen LogP contribution in [0.4, 0.5) is 4.39 Å². The molecule has 1 aromatic heterocycles. The lowest BCUT2D eigenvalue weighted by Gasteiger charge is -2.26. The van der Waals surface area contributed by atoms with Gasteiger partial charge in [-0.3, -0.25) is 9.59 Å². The third-order valence-corrected chi connectivity index (χ3v) is 7.84. The molecule has 0 unspecified atom stereocenters.